The van der Waals surface area contributed by atoms with Crippen LogP contribution in [-0.4, -0.2) is 12.9 Å². The van der Waals surface area contributed by atoms with Crippen LogP contribution < -0.4 is 10.8 Å². The van der Waals surface area contributed by atoms with Gasteiger partial charge in [-0.1, -0.05) is 24.3 Å². The Morgan fingerprint density at radius 1 is 0.957 bits per heavy atom. The molecule has 122 valence electrons. The lowest BCUT2D eigenvalue weighted by molar-refractivity contribution is -0.137. The predicted molar refractivity (Wildman–Crippen MR) is 74.6 cm³/mol. The topological polar surface area (TPSA) is 29.1 Å². The SMILES string of the molecule is O=C(Nc1cccc([B-](F)(F)F)c1)c1cccc(C(F)(F)F)c1. The van der Waals surface area contributed by atoms with Gasteiger partial charge in [0.2, 0.25) is 0 Å². The van der Waals surface area contributed by atoms with Gasteiger partial charge in [-0.25, -0.2) is 0 Å². The number of halogens is 6. The monoisotopic (exact) mass is 332 g/mol. The van der Waals surface area contributed by atoms with Crippen molar-refractivity contribution >= 4 is 24.0 Å². The van der Waals surface area contributed by atoms with Crippen LogP contribution >= 0.6 is 0 Å². The van der Waals surface area contributed by atoms with Crippen molar-refractivity contribution in [3.63, 3.8) is 0 Å². The van der Waals surface area contributed by atoms with Crippen molar-refractivity contribution in [1.29, 1.82) is 0 Å². The van der Waals surface area contributed by atoms with Gasteiger partial charge in [0, 0.05) is 11.3 Å². The van der Waals surface area contributed by atoms with E-state index in [2.05, 4.69) is 5.32 Å². The summed E-state index contributed by atoms with van der Waals surface area (Å²) < 4.78 is 75.7. The molecule has 0 aliphatic rings. The Bertz CT molecular complexity index is 726. The fraction of sp³-hybridized carbons (Fsp3) is 0.0714. The van der Waals surface area contributed by atoms with Gasteiger partial charge in [-0.05, 0) is 24.3 Å². The molecule has 0 heterocycles. The molecule has 0 saturated heterocycles. The van der Waals surface area contributed by atoms with Crippen molar-refractivity contribution in [2.45, 2.75) is 6.18 Å². The normalized spacial score (nSPS) is 12.1. The summed E-state index contributed by atoms with van der Waals surface area (Å²) in [5, 5.41) is 2.15. The molecular weight excluding hydrogens is 323 g/mol. The summed E-state index contributed by atoms with van der Waals surface area (Å²) in [5.41, 5.74) is -2.38. The first-order valence-corrected chi connectivity index (χ1v) is 6.36. The van der Waals surface area contributed by atoms with Gasteiger partial charge in [-0.2, -0.15) is 13.2 Å². The quantitative estimate of drug-likeness (QED) is 0.668. The van der Waals surface area contributed by atoms with Gasteiger partial charge in [-0.3, -0.25) is 4.79 Å². The molecule has 9 heteroatoms. The van der Waals surface area contributed by atoms with E-state index in [1.807, 2.05) is 0 Å². The molecule has 0 bridgehead atoms. The minimum Gasteiger partial charge on any atom is -0.445 e. The van der Waals surface area contributed by atoms with Gasteiger partial charge < -0.3 is 18.3 Å². The highest BCUT2D eigenvalue weighted by Crippen LogP contribution is 2.29. The van der Waals surface area contributed by atoms with Crippen molar-refractivity contribution in [1.82, 2.24) is 0 Å². The summed E-state index contributed by atoms with van der Waals surface area (Å²) in [7, 11) is 0. The minimum absolute atomic E-state index is 0.149. The molecule has 1 amide bonds. The zero-order valence-corrected chi connectivity index (χ0v) is 11.4. The second kappa shape index (κ2) is 5.98. The molecule has 0 unspecified atom stereocenters. The van der Waals surface area contributed by atoms with Crippen molar-refractivity contribution < 1.29 is 30.9 Å². The summed E-state index contributed by atoms with van der Waals surface area (Å²) in [4.78, 5) is 11.9. The Hall–Kier alpha value is -2.45. The molecule has 0 saturated carbocycles. The van der Waals surface area contributed by atoms with Crippen molar-refractivity contribution in [2.75, 3.05) is 5.32 Å². The highest BCUT2D eigenvalue weighted by atomic mass is 19.4. The number of carbonyl (C=O) groups is 1. The molecule has 2 nitrogen and oxygen atoms in total. The maximum absolute atomic E-state index is 12.6. The van der Waals surface area contributed by atoms with Crippen LogP contribution in [-0.2, 0) is 6.18 Å². The number of carbonyl (C=O) groups excluding carboxylic acids is 1. The van der Waals surface area contributed by atoms with E-state index >= 15 is 0 Å². The lowest BCUT2D eigenvalue weighted by atomic mass is 9.80. The molecule has 2 aromatic carbocycles. The molecule has 0 aromatic heterocycles. The largest absolute Gasteiger partial charge is 0.509 e. The van der Waals surface area contributed by atoms with Gasteiger partial charge in [0.15, 0.2) is 0 Å². The van der Waals surface area contributed by atoms with Gasteiger partial charge in [-0.15, -0.1) is 5.46 Å². The lowest BCUT2D eigenvalue weighted by Crippen LogP contribution is -2.34. The van der Waals surface area contributed by atoms with Gasteiger partial charge in [0.1, 0.15) is 0 Å². The van der Waals surface area contributed by atoms with Gasteiger partial charge >= 0.3 is 13.2 Å². The number of hydrogen-bond acceptors (Lipinski definition) is 1. The van der Waals surface area contributed by atoms with Crippen LogP contribution in [0, 0.1) is 0 Å². The zero-order chi connectivity index (χ0) is 17.3. The molecule has 0 spiro atoms. The van der Waals surface area contributed by atoms with Crippen LogP contribution in [0.5, 0.6) is 0 Å². The number of hydrogen-bond donors (Lipinski definition) is 1. The Balaban J connectivity index is 2.23. The molecule has 0 fully saturated rings. The fourth-order valence-corrected chi connectivity index (χ4v) is 1.86. The third-order valence-electron chi connectivity index (χ3n) is 2.97. The second-order valence-corrected chi connectivity index (χ2v) is 4.73. The molecule has 0 aliphatic heterocycles. The molecule has 0 radical (unpaired) electrons. The van der Waals surface area contributed by atoms with E-state index in [1.165, 1.54) is 6.07 Å². The van der Waals surface area contributed by atoms with Crippen LogP contribution in [0.25, 0.3) is 0 Å². The van der Waals surface area contributed by atoms with Crippen molar-refractivity contribution in [3.8, 4) is 0 Å². The highest BCUT2D eigenvalue weighted by molar-refractivity contribution is 6.73. The summed E-state index contributed by atoms with van der Waals surface area (Å²) in [6.07, 6.45) is -4.62. The standard InChI is InChI=1S/C14H9BF6NO/c16-14(17,18)10-4-1-3-9(7-10)13(23)22-12-6-2-5-11(8-12)15(19,20)21/h1-8H,(H,22,23)/q-1. The van der Waals surface area contributed by atoms with Crippen LogP contribution in [0.2, 0.25) is 0 Å². The van der Waals surface area contributed by atoms with E-state index in [-0.39, 0.29) is 11.3 Å². The number of benzene rings is 2. The van der Waals surface area contributed by atoms with Crippen LogP contribution in [0.15, 0.2) is 48.5 Å². The first-order valence-electron chi connectivity index (χ1n) is 6.36. The summed E-state index contributed by atoms with van der Waals surface area (Å²) in [6.45, 7) is -5.24. The molecule has 1 N–H and O–H groups in total. The highest BCUT2D eigenvalue weighted by Gasteiger charge is 2.31. The number of anilines is 1. The smallest absolute Gasteiger partial charge is 0.445 e. The third-order valence-corrected chi connectivity index (χ3v) is 2.97. The van der Waals surface area contributed by atoms with E-state index < -0.39 is 30.1 Å². The number of rotatable bonds is 3. The van der Waals surface area contributed by atoms with Gasteiger partial charge in [0.25, 0.3) is 5.91 Å². The predicted octanol–water partition coefficient (Wildman–Crippen LogP) is 4.01. The summed E-state index contributed by atoms with van der Waals surface area (Å²) in [6, 6.07) is 7.51. The Morgan fingerprint density at radius 3 is 2.22 bits per heavy atom. The minimum atomic E-state index is -5.24. The number of amides is 1. The summed E-state index contributed by atoms with van der Waals surface area (Å²) >= 11 is 0. The second-order valence-electron chi connectivity index (χ2n) is 4.73. The van der Waals surface area contributed by atoms with Crippen molar-refractivity contribution in [3.05, 3.63) is 59.7 Å². The first kappa shape index (κ1) is 16.9. The lowest BCUT2D eigenvalue weighted by Gasteiger charge is -2.16. The molecule has 0 atom stereocenters. The average Bonchev–Trinajstić information content (AvgIpc) is 2.46. The Labute approximate surface area is 127 Å². The Kier molecular flexibility index (Phi) is 4.40. The maximum atomic E-state index is 12.6. The first-order chi connectivity index (χ1) is 10.6. The Morgan fingerprint density at radius 2 is 1.61 bits per heavy atom. The third kappa shape index (κ3) is 4.27. The van der Waals surface area contributed by atoms with Crippen LogP contribution in [0.4, 0.5) is 31.8 Å². The molecule has 2 aromatic rings. The average molecular weight is 332 g/mol. The number of nitrogens with one attached hydrogen (secondary N) is 1. The van der Waals surface area contributed by atoms with E-state index in [1.54, 1.807) is 0 Å². The summed E-state index contributed by atoms with van der Waals surface area (Å²) in [5.74, 6) is -0.928. The van der Waals surface area contributed by atoms with E-state index in [9.17, 15) is 30.9 Å². The fourth-order valence-electron chi connectivity index (χ4n) is 1.86. The van der Waals surface area contributed by atoms with Crippen LogP contribution in [0.1, 0.15) is 15.9 Å². The number of alkyl halides is 3. The van der Waals surface area contributed by atoms with Crippen LogP contribution in [0.3, 0.4) is 0 Å². The zero-order valence-electron chi connectivity index (χ0n) is 11.4. The maximum Gasteiger partial charge on any atom is 0.509 e. The van der Waals surface area contributed by atoms with E-state index in [0.717, 1.165) is 36.4 Å². The van der Waals surface area contributed by atoms with E-state index in [0.29, 0.717) is 6.07 Å². The molecule has 2 rings (SSSR count). The molecule has 23 heavy (non-hydrogen) atoms. The molecule has 0 aliphatic carbocycles. The van der Waals surface area contributed by atoms with E-state index in [4.69, 9.17) is 0 Å². The molecular formula is C14H9BF6NO-. The van der Waals surface area contributed by atoms with Crippen molar-refractivity contribution in [2.24, 2.45) is 0 Å². The van der Waals surface area contributed by atoms with Gasteiger partial charge in [0.05, 0.1) is 5.56 Å².